The van der Waals surface area contributed by atoms with E-state index in [1.54, 1.807) is 11.8 Å². The molecule has 7 nitrogen and oxygen atoms in total. The summed E-state index contributed by atoms with van der Waals surface area (Å²) in [6.45, 7) is 6.59. The van der Waals surface area contributed by atoms with Crippen molar-refractivity contribution in [2.45, 2.75) is 37.6 Å². The molecule has 1 aromatic heterocycles. The highest BCUT2D eigenvalue weighted by atomic mass is 32.2. The van der Waals surface area contributed by atoms with Gasteiger partial charge in [-0.05, 0) is 26.7 Å². The summed E-state index contributed by atoms with van der Waals surface area (Å²) in [5.41, 5.74) is 0. The number of piperazine rings is 1. The topological polar surface area (TPSA) is 82.9 Å². The van der Waals surface area contributed by atoms with Gasteiger partial charge in [-0.1, -0.05) is 0 Å². The van der Waals surface area contributed by atoms with Gasteiger partial charge >= 0.3 is 0 Å². The third kappa shape index (κ3) is 3.15. The highest BCUT2D eigenvalue weighted by molar-refractivity contribution is 7.89. The van der Waals surface area contributed by atoms with Gasteiger partial charge in [0, 0.05) is 44.8 Å². The van der Waals surface area contributed by atoms with Gasteiger partial charge in [0.2, 0.25) is 10.0 Å². The van der Waals surface area contributed by atoms with Crippen LogP contribution in [0, 0.1) is 6.92 Å². The third-order valence-electron chi connectivity index (χ3n) is 4.42. The van der Waals surface area contributed by atoms with Crippen molar-refractivity contribution >= 4 is 15.9 Å². The molecule has 3 heterocycles. The molecule has 2 aliphatic heterocycles. The standard InChI is InChI=1S/C15H23N3O4S/c1-11-10-17(8-5-16-11)15(19)13-9-14(12(2)22-13)23(20,21)18-6-3-4-7-18/h9,11,16H,3-8,10H2,1-2H3. The van der Waals surface area contributed by atoms with Gasteiger partial charge in [0.25, 0.3) is 5.91 Å². The van der Waals surface area contributed by atoms with Crippen LogP contribution in [-0.4, -0.2) is 62.3 Å². The van der Waals surface area contributed by atoms with E-state index < -0.39 is 10.0 Å². The molecule has 2 saturated heterocycles. The summed E-state index contributed by atoms with van der Waals surface area (Å²) < 4.78 is 32.3. The molecule has 0 aliphatic carbocycles. The lowest BCUT2D eigenvalue weighted by Crippen LogP contribution is -2.51. The van der Waals surface area contributed by atoms with E-state index in [2.05, 4.69) is 5.32 Å². The molecule has 0 radical (unpaired) electrons. The van der Waals surface area contributed by atoms with Gasteiger partial charge in [0.15, 0.2) is 5.76 Å². The van der Waals surface area contributed by atoms with Crippen LogP contribution in [0.5, 0.6) is 0 Å². The minimum Gasteiger partial charge on any atom is -0.455 e. The normalized spacial score (nSPS) is 23.4. The van der Waals surface area contributed by atoms with Gasteiger partial charge in [-0.15, -0.1) is 0 Å². The molecule has 0 saturated carbocycles. The van der Waals surface area contributed by atoms with Gasteiger partial charge in [0.05, 0.1) is 0 Å². The Morgan fingerprint density at radius 3 is 2.65 bits per heavy atom. The van der Waals surface area contributed by atoms with Crippen LogP contribution in [0.2, 0.25) is 0 Å². The number of rotatable bonds is 3. The monoisotopic (exact) mass is 341 g/mol. The maximum Gasteiger partial charge on any atom is 0.289 e. The van der Waals surface area contributed by atoms with E-state index in [0.29, 0.717) is 26.2 Å². The van der Waals surface area contributed by atoms with Gasteiger partial charge in [-0.3, -0.25) is 4.79 Å². The number of sulfonamides is 1. The summed E-state index contributed by atoms with van der Waals surface area (Å²) in [6.07, 6.45) is 1.75. The Hall–Kier alpha value is -1.38. The van der Waals surface area contributed by atoms with Crippen LogP contribution >= 0.6 is 0 Å². The zero-order chi connectivity index (χ0) is 16.6. The highest BCUT2D eigenvalue weighted by Crippen LogP contribution is 2.27. The Bertz CT molecular complexity index is 692. The number of carbonyl (C=O) groups is 1. The minimum atomic E-state index is -3.57. The van der Waals surface area contributed by atoms with Crippen LogP contribution in [0.15, 0.2) is 15.4 Å². The lowest BCUT2D eigenvalue weighted by Gasteiger charge is -2.31. The maximum absolute atomic E-state index is 12.7. The minimum absolute atomic E-state index is 0.106. The van der Waals surface area contributed by atoms with Gasteiger partial charge in [0.1, 0.15) is 10.7 Å². The second-order valence-corrected chi connectivity index (χ2v) is 8.15. The van der Waals surface area contributed by atoms with Crippen LogP contribution in [0.1, 0.15) is 36.1 Å². The number of hydrogen-bond acceptors (Lipinski definition) is 5. The smallest absolute Gasteiger partial charge is 0.289 e. The summed E-state index contributed by atoms with van der Waals surface area (Å²) in [5, 5.41) is 3.27. The second kappa shape index (κ2) is 6.26. The van der Waals surface area contributed by atoms with Crippen LogP contribution in [0.25, 0.3) is 0 Å². The van der Waals surface area contributed by atoms with E-state index >= 15 is 0 Å². The number of amides is 1. The largest absolute Gasteiger partial charge is 0.455 e. The lowest BCUT2D eigenvalue weighted by atomic mass is 10.2. The van der Waals surface area contributed by atoms with Crippen LogP contribution < -0.4 is 5.32 Å². The third-order valence-corrected chi connectivity index (χ3v) is 6.43. The molecule has 1 atom stereocenters. The molecule has 1 aromatic rings. The first-order valence-electron chi connectivity index (χ1n) is 8.03. The zero-order valence-electron chi connectivity index (χ0n) is 13.5. The van der Waals surface area contributed by atoms with Crippen LogP contribution in [-0.2, 0) is 10.0 Å². The molecule has 23 heavy (non-hydrogen) atoms. The van der Waals surface area contributed by atoms with E-state index in [1.165, 1.54) is 10.4 Å². The Morgan fingerprint density at radius 1 is 1.30 bits per heavy atom. The van der Waals surface area contributed by atoms with Crippen LogP contribution in [0.4, 0.5) is 0 Å². The Kier molecular flexibility index (Phi) is 4.48. The molecule has 0 spiro atoms. The number of nitrogens with one attached hydrogen (secondary N) is 1. The van der Waals surface area contributed by atoms with Gasteiger partial charge in [-0.25, -0.2) is 8.42 Å². The lowest BCUT2D eigenvalue weighted by molar-refractivity contribution is 0.0675. The average Bonchev–Trinajstić information content (AvgIpc) is 3.16. The molecule has 3 rings (SSSR count). The summed E-state index contributed by atoms with van der Waals surface area (Å²) in [6, 6.07) is 1.61. The number of carbonyl (C=O) groups excluding carboxylic acids is 1. The fourth-order valence-electron chi connectivity index (χ4n) is 3.17. The zero-order valence-corrected chi connectivity index (χ0v) is 14.4. The SMILES string of the molecule is Cc1oc(C(=O)N2CCNC(C)C2)cc1S(=O)(=O)N1CCCC1. The van der Waals surface area contributed by atoms with E-state index in [4.69, 9.17) is 4.42 Å². The number of furan rings is 1. The molecule has 1 unspecified atom stereocenters. The maximum atomic E-state index is 12.7. The van der Waals surface area contributed by atoms with E-state index in [1.807, 2.05) is 6.92 Å². The molecule has 128 valence electrons. The predicted octanol–water partition coefficient (Wildman–Crippen LogP) is 0.806. The second-order valence-electron chi connectivity index (χ2n) is 6.25. The number of nitrogens with zero attached hydrogens (tertiary/aromatic N) is 2. The van der Waals surface area contributed by atoms with Gasteiger partial charge < -0.3 is 14.6 Å². The van der Waals surface area contributed by atoms with Gasteiger partial charge in [-0.2, -0.15) is 4.31 Å². The Morgan fingerprint density at radius 2 is 2.00 bits per heavy atom. The molecule has 1 N–H and O–H groups in total. The van der Waals surface area contributed by atoms with E-state index in [0.717, 1.165) is 19.4 Å². The fourth-order valence-corrected chi connectivity index (χ4v) is 4.85. The van der Waals surface area contributed by atoms with Crippen molar-refractivity contribution in [3.63, 3.8) is 0 Å². The highest BCUT2D eigenvalue weighted by Gasteiger charge is 2.33. The van der Waals surface area contributed by atoms with Crippen molar-refractivity contribution in [3.05, 3.63) is 17.6 Å². The van der Waals surface area contributed by atoms with Crippen LogP contribution in [0.3, 0.4) is 0 Å². The summed E-state index contributed by atoms with van der Waals surface area (Å²) in [5.74, 6) is 0.141. The van der Waals surface area contributed by atoms with Crippen molar-refractivity contribution in [1.82, 2.24) is 14.5 Å². The molecule has 0 aromatic carbocycles. The average molecular weight is 341 g/mol. The molecular formula is C15H23N3O4S. The van der Waals surface area contributed by atoms with Crippen molar-refractivity contribution < 1.29 is 17.6 Å². The molecule has 2 fully saturated rings. The first-order chi connectivity index (χ1) is 10.9. The summed E-state index contributed by atoms with van der Waals surface area (Å²) in [4.78, 5) is 14.4. The molecule has 1 amide bonds. The number of hydrogen-bond donors (Lipinski definition) is 1. The quantitative estimate of drug-likeness (QED) is 0.879. The van der Waals surface area contributed by atoms with Crippen molar-refractivity contribution in [2.24, 2.45) is 0 Å². The van der Waals surface area contributed by atoms with Crippen molar-refractivity contribution in [1.29, 1.82) is 0 Å². The van der Waals surface area contributed by atoms with Crippen molar-refractivity contribution in [3.8, 4) is 0 Å². The Balaban J connectivity index is 1.84. The fraction of sp³-hybridized carbons (Fsp3) is 0.667. The molecule has 2 aliphatic rings. The van der Waals surface area contributed by atoms with E-state index in [9.17, 15) is 13.2 Å². The molecule has 0 bridgehead atoms. The summed E-state index contributed by atoms with van der Waals surface area (Å²) >= 11 is 0. The van der Waals surface area contributed by atoms with Crippen molar-refractivity contribution in [2.75, 3.05) is 32.7 Å². The predicted molar refractivity (Wildman–Crippen MR) is 84.8 cm³/mol. The number of aryl methyl sites for hydroxylation is 1. The Labute approximate surface area is 136 Å². The van der Waals surface area contributed by atoms with E-state index in [-0.39, 0.29) is 28.4 Å². The molecular weight excluding hydrogens is 318 g/mol. The first kappa shape index (κ1) is 16.5. The first-order valence-corrected chi connectivity index (χ1v) is 9.47. The molecule has 8 heteroatoms. The summed E-state index contributed by atoms with van der Waals surface area (Å²) in [7, 11) is -3.57.